The molecule has 90 valence electrons. The molecule has 4 heteroatoms. The molecule has 0 spiro atoms. The average molecular weight is 292 g/mol. The van der Waals surface area contributed by atoms with Crippen molar-refractivity contribution in [2.45, 2.75) is 19.2 Å². The Morgan fingerprint density at radius 2 is 1.75 bits per heavy atom. The smallest absolute Gasteiger partial charge is 0.149 e. The molecule has 16 heavy (non-hydrogen) atoms. The molecule has 1 aromatic rings. The van der Waals surface area contributed by atoms with Crippen LogP contribution >= 0.6 is 15.9 Å². The Morgan fingerprint density at radius 1 is 1.25 bits per heavy atom. The molecule has 0 atom stereocenters. The van der Waals surface area contributed by atoms with Crippen LogP contribution in [0.1, 0.15) is 19.4 Å². The fourth-order valence-electron chi connectivity index (χ4n) is 1.70. The summed E-state index contributed by atoms with van der Waals surface area (Å²) in [6.07, 6.45) is 0. The fraction of sp³-hybridized carbons (Fsp3) is 0.500. The van der Waals surface area contributed by atoms with E-state index in [2.05, 4.69) is 15.9 Å². The van der Waals surface area contributed by atoms with Gasteiger partial charge in [-0.05, 0) is 23.6 Å². The quantitative estimate of drug-likeness (QED) is 0.759. The standard InChI is InChI=1S/C12H16BrF2N/c1-8(2)7-16(3)12-10(14)4-9(6-13)5-11(12)15/h4-5,8H,6-7H2,1-3H3. The van der Waals surface area contributed by atoms with E-state index in [0.717, 1.165) is 0 Å². The van der Waals surface area contributed by atoms with E-state index in [0.29, 0.717) is 23.4 Å². The second kappa shape index (κ2) is 5.62. The molecular weight excluding hydrogens is 276 g/mol. The Kier molecular flexibility index (Phi) is 4.71. The molecule has 0 radical (unpaired) electrons. The average Bonchev–Trinajstić information content (AvgIpc) is 2.15. The molecule has 0 unspecified atom stereocenters. The molecule has 0 saturated carbocycles. The van der Waals surface area contributed by atoms with Crippen LogP contribution in [-0.2, 0) is 5.33 Å². The normalized spacial score (nSPS) is 10.9. The van der Waals surface area contributed by atoms with Crippen LogP contribution in [0.4, 0.5) is 14.5 Å². The van der Waals surface area contributed by atoms with Gasteiger partial charge in [-0.3, -0.25) is 0 Å². The van der Waals surface area contributed by atoms with Crippen molar-refractivity contribution in [2.75, 3.05) is 18.5 Å². The van der Waals surface area contributed by atoms with Gasteiger partial charge in [0.15, 0.2) is 0 Å². The molecule has 0 N–H and O–H groups in total. The van der Waals surface area contributed by atoms with Crippen molar-refractivity contribution in [3.63, 3.8) is 0 Å². The maximum absolute atomic E-state index is 13.7. The number of rotatable bonds is 4. The molecule has 0 aliphatic heterocycles. The first-order valence-electron chi connectivity index (χ1n) is 5.20. The lowest BCUT2D eigenvalue weighted by atomic mass is 10.1. The molecule has 0 bridgehead atoms. The van der Waals surface area contributed by atoms with Crippen LogP contribution in [0.3, 0.4) is 0 Å². The third-order valence-electron chi connectivity index (χ3n) is 2.25. The summed E-state index contributed by atoms with van der Waals surface area (Å²) in [6, 6.07) is 2.73. The summed E-state index contributed by atoms with van der Waals surface area (Å²) in [5.74, 6) is -0.644. The topological polar surface area (TPSA) is 3.24 Å². The number of benzene rings is 1. The highest BCUT2D eigenvalue weighted by Gasteiger charge is 2.15. The maximum Gasteiger partial charge on any atom is 0.149 e. The largest absolute Gasteiger partial charge is 0.370 e. The molecule has 0 saturated heterocycles. The van der Waals surface area contributed by atoms with E-state index in [-0.39, 0.29) is 5.69 Å². The van der Waals surface area contributed by atoms with Crippen molar-refractivity contribution < 1.29 is 8.78 Å². The zero-order valence-electron chi connectivity index (χ0n) is 9.73. The van der Waals surface area contributed by atoms with Gasteiger partial charge in [-0.15, -0.1) is 0 Å². The van der Waals surface area contributed by atoms with Gasteiger partial charge in [-0.25, -0.2) is 8.78 Å². The monoisotopic (exact) mass is 291 g/mol. The highest BCUT2D eigenvalue weighted by Crippen LogP contribution is 2.25. The second-order valence-electron chi connectivity index (χ2n) is 4.32. The van der Waals surface area contributed by atoms with Crippen molar-refractivity contribution in [1.82, 2.24) is 0 Å². The first kappa shape index (κ1) is 13.4. The van der Waals surface area contributed by atoms with Crippen LogP contribution < -0.4 is 4.90 Å². The predicted octanol–water partition coefficient (Wildman–Crippen LogP) is 3.95. The molecule has 0 heterocycles. The van der Waals surface area contributed by atoms with Crippen LogP contribution in [0, 0.1) is 17.6 Å². The van der Waals surface area contributed by atoms with Gasteiger partial charge in [-0.2, -0.15) is 0 Å². The minimum Gasteiger partial charge on any atom is -0.370 e. The van der Waals surface area contributed by atoms with E-state index in [4.69, 9.17) is 0 Å². The number of alkyl halides is 1. The van der Waals surface area contributed by atoms with Crippen molar-refractivity contribution >= 4 is 21.6 Å². The van der Waals surface area contributed by atoms with Crippen LogP contribution in [0.2, 0.25) is 0 Å². The fourth-order valence-corrected chi connectivity index (χ4v) is 2.02. The summed E-state index contributed by atoms with van der Waals surface area (Å²) in [7, 11) is 1.70. The molecule has 0 fully saturated rings. The molecular formula is C12H16BrF2N. The lowest BCUT2D eigenvalue weighted by molar-refractivity contribution is 0.559. The maximum atomic E-state index is 13.7. The van der Waals surface area contributed by atoms with Crippen molar-refractivity contribution in [1.29, 1.82) is 0 Å². The summed E-state index contributed by atoms with van der Waals surface area (Å²) in [5, 5.41) is 0.453. The van der Waals surface area contributed by atoms with E-state index >= 15 is 0 Å². The predicted molar refractivity (Wildman–Crippen MR) is 67.1 cm³/mol. The molecule has 1 aromatic carbocycles. The zero-order valence-corrected chi connectivity index (χ0v) is 11.3. The van der Waals surface area contributed by atoms with E-state index in [1.54, 1.807) is 11.9 Å². The third-order valence-corrected chi connectivity index (χ3v) is 2.90. The van der Waals surface area contributed by atoms with Crippen molar-refractivity contribution in [3.05, 3.63) is 29.3 Å². The Bertz CT molecular complexity index is 343. The lowest BCUT2D eigenvalue weighted by Crippen LogP contribution is -2.24. The van der Waals surface area contributed by atoms with Crippen LogP contribution in [-0.4, -0.2) is 13.6 Å². The summed E-state index contributed by atoms with van der Waals surface area (Å²) in [5.41, 5.74) is 0.662. The Morgan fingerprint density at radius 3 is 2.12 bits per heavy atom. The number of hydrogen-bond donors (Lipinski definition) is 0. The number of anilines is 1. The summed E-state index contributed by atoms with van der Waals surface area (Å²) >= 11 is 3.18. The van der Waals surface area contributed by atoms with E-state index in [1.807, 2.05) is 13.8 Å². The zero-order chi connectivity index (χ0) is 12.3. The lowest BCUT2D eigenvalue weighted by Gasteiger charge is -2.22. The number of hydrogen-bond acceptors (Lipinski definition) is 1. The van der Waals surface area contributed by atoms with Gasteiger partial charge in [0.25, 0.3) is 0 Å². The van der Waals surface area contributed by atoms with Crippen molar-refractivity contribution in [3.8, 4) is 0 Å². The highest BCUT2D eigenvalue weighted by atomic mass is 79.9. The van der Waals surface area contributed by atoms with Gasteiger partial charge in [0.05, 0.1) is 0 Å². The van der Waals surface area contributed by atoms with Gasteiger partial charge in [0, 0.05) is 18.9 Å². The van der Waals surface area contributed by atoms with E-state index < -0.39 is 11.6 Å². The molecule has 1 rings (SSSR count). The minimum atomic E-state index is -0.502. The summed E-state index contributed by atoms with van der Waals surface area (Å²) < 4.78 is 27.4. The molecule has 0 aliphatic rings. The van der Waals surface area contributed by atoms with E-state index in [1.165, 1.54) is 12.1 Å². The van der Waals surface area contributed by atoms with Gasteiger partial charge in [-0.1, -0.05) is 29.8 Å². The van der Waals surface area contributed by atoms with Gasteiger partial charge in [0.2, 0.25) is 0 Å². The molecule has 0 aliphatic carbocycles. The first-order valence-corrected chi connectivity index (χ1v) is 6.32. The van der Waals surface area contributed by atoms with Crippen LogP contribution in [0.15, 0.2) is 12.1 Å². The minimum absolute atomic E-state index is 0.0541. The van der Waals surface area contributed by atoms with Gasteiger partial charge < -0.3 is 4.90 Å². The SMILES string of the molecule is CC(C)CN(C)c1c(F)cc(CBr)cc1F. The number of nitrogens with zero attached hydrogens (tertiary/aromatic N) is 1. The molecule has 0 amide bonds. The molecule has 0 aromatic heterocycles. The van der Waals surface area contributed by atoms with E-state index in [9.17, 15) is 8.78 Å². The highest BCUT2D eigenvalue weighted by molar-refractivity contribution is 9.08. The summed E-state index contributed by atoms with van der Waals surface area (Å²) in [6.45, 7) is 4.65. The van der Waals surface area contributed by atoms with Crippen molar-refractivity contribution in [2.24, 2.45) is 5.92 Å². The van der Waals surface area contributed by atoms with Gasteiger partial charge >= 0.3 is 0 Å². The summed E-state index contributed by atoms with van der Waals surface area (Å²) in [4.78, 5) is 1.62. The molecule has 1 nitrogen and oxygen atoms in total. The van der Waals surface area contributed by atoms with Crippen LogP contribution in [0.25, 0.3) is 0 Å². The van der Waals surface area contributed by atoms with Crippen LogP contribution in [0.5, 0.6) is 0 Å². The first-order chi connectivity index (χ1) is 7.45. The second-order valence-corrected chi connectivity index (χ2v) is 4.88. The Hall–Kier alpha value is -0.640. The van der Waals surface area contributed by atoms with Gasteiger partial charge in [0.1, 0.15) is 17.3 Å². The number of halogens is 3. The Balaban J connectivity index is 3.04. The Labute approximate surface area is 104 Å². The third kappa shape index (κ3) is 3.17.